The Morgan fingerprint density at radius 1 is 1.00 bits per heavy atom. The Balaban J connectivity index is -0.0000000533. The van der Waals surface area contributed by atoms with E-state index in [-0.39, 0.29) is 69.1 Å². The molecule has 0 radical (unpaired) electrons. The van der Waals surface area contributed by atoms with Crippen LogP contribution in [0.1, 0.15) is 2.85 Å². The Bertz CT molecular complexity index is 165. The van der Waals surface area contributed by atoms with Crippen LogP contribution in [-0.4, -0.2) is 85.8 Å². The van der Waals surface area contributed by atoms with Crippen molar-refractivity contribution in [2.75, 3.05) is 0 Å². The standard InChI is InChI=1S/Al.Ba.H4O7P2.5H/c;;1-8(2,3)7-9(4,5)6;;;;;/h;;(H2,1,2,3)(H2,4,5,6);;;;;/q;+2;;;;;2*-1. The summed E-state index contributed by atoms with van der Waals surface area (Å²) in [6.07, 6.45) is 0. The fraction of sp³-hybridized carbons (Fsp3) is 0. The Morgan fingerprint density at radius 2 is 1.18 bits per heavy atom. The van der Waals surface area contributed by atoms with E-state index in [4.69, 9.17) is 19.6 Å². The second-order valence-corrected chi connectivity index (χ2v) is 3.68. The molecule has 0 aromatic carbocycles. The molecule has 0 bridgehead atoms. The van der Waals surface area contributed by atoms with Gasteiger partial charge < -0.3 is 22.4 Å². The average Bonchev–Trinajstić information content (AvgIpc) is 1.14. The summed E-state index contributed by atoms with van der Waals surface area (Å²) in [5, 5.41) is 0. The molecule has 0 rings (SSSR count). The largest absolute Gasteiger partial charge is 2.00 e. The molecular formula is H9AlBaO7P2. The molecule has 11 heteroatoms. The minimum absolute atomic E-state index is 0. The van der Waals surface area contributed by atoms with E-state index in [0.29, 0.717) is 0 Å². The fourth-order valence-corrected chi connectivity index (χ4v) is 1.25. The van der Waals surface area contributed by atoms with E-state index < -0.39 is 15.6 Å². The number of rotatable bonds is 2. The molecule has 0 aromatic rings. The van der Waals surface area contributed by atoms with Crippen LogP contribution in [0.4, 0.5) is 0 Å². The van der Waals surface area contributed by atoms with Gasteiger partial charge in [-0.3, -0.25) is 0 Å². The molecule has 0 heterocycles. The van der Waals surface area contributed by atoms with E-state index in [1.807, 2.05) is 0 Å². The monoisotopic (exact) mass is 348 g/mol. The van der Waals surface area contributed by atoms with E-state index in [1.165, 1.54) is 0 Å². The van der Waals surface area contributed by atoms with Gasteiger partial charge in [0.2, 0.25) is 0 Å². The van der Waals surface area contributed by atoms with Gasteiger partial charge in [-0.25, -0.2) is 9.13 Å². The summed E-state index contributed by atoms with van der Waals surface area (Å²) in [4.78, 5) is 31.0. The maximum Gasteiger partial charge on any atom is 2.00 e. The van der Waals surface area contributed by atoms with E-state index in [2.05, 4.69) is 4.31 Å². The van der Waals surface area contributed by atoms with Crippen molar-refractivity contribution in [1.82, 2.24) is 0 Å². The van der Waals surface area contributed by atoms with Crippen molar-refractivity contribution in [2.24, 2.45) is 0 Å². The first-order valence-electron chi connectivity index (χ1n) is 1.53. The molecule has 0 aromatic heterocycles. The number of phosphoric acid groups is 2. The number of hydrogen-bond acceptors (Lipinski definition) is 3. The van der Waals surface area contributed by atoms with Gasteiger partial charge in [-0.1, -0.05) is 0 Å². The minimum atomic E-state index is -5.05. The van der Waals surface area contributed by atoms with Gasteiger partial charge in [0.25, 0.3) is 0 Å². The second-order valence-electron chi connectivity index (χ2n) is 1.06. The van der Waals surface area contributed by atoms with Crippen molar-refractivity contribution >= 4 is 81.9 Å². The van der Waals surface area contributed by atoms with Crippen molar-refractivity contribution in [3.05, 3.63) is 0 Å². The van der Waals surface area contributed by atoms with Crippen LogP contribution < -0.4 is 0 Å². The first-order chi connectivity index (χ1) is 3.71. The maximum absolute atomic E-state index is 9.63. The Hall–Kier alpha value is 2.36. The summed E-state index contributed by atoms with van der Waals surface area (Å²) in [7, 11) is -10.1. The predicted octanol–water partition coefficient (Wildman–Crippen LogP) is -2.15. The summed E-state index contributed by atoms with van der Waals surface area (Å²) in [6.45, 7) is 0. The molecule has 0 unspecified atom stereocenters. The van der Waals surface area contributed by atoms with Crippen LogP contribution in [0.25, 0.3) is 0 Å². The molecule has 0 spiro atoms. The molecule has 11 heavy (non-hydrogen) atoms. The van der Waals surface area contributed by atoms with E-state index in [9.17, 15) is 9.13 Å². The van der Waals surface area contributed by atoms with Crippen molar-refractivity contribution < 1.29 is 35.9 Å². The van der Waals surface area contributed by atoms with E-state index in [1.54, 1.807) is 0 Å². The summed E-state index contributed by atoms with van der Waals surface area (Å²) in [5.41, 5.74) is 0. The molecule has 0 saturated heterocycles. The molecule has 0 saturated carbocycles. The summed E-state index contributed by atoms with van der Waals surface area (Å²) >= 11 is 0. The van der Waals surface area contributed by atoms with E-state index in [0.717, 1.165) is 0 Å². The normalized spacial score (nSPS) is 11.3. The molecule has 0 amide bonds. The van der Waals surface area contributed by atoms with Crippen LogP contribution in [-0.2, 0) is 13.4 Å². The predicted molar refractivity (Wildman–Crippen MR) is 43.1 cm³/mol. The smallest absolute Gasteiger partial charge is 1.00 e. The zero-order valence-corrected chi connectivity index (χ0v) is 10.8. The average molecular weight is 347 g/mol. The van der Waals surface area contributed by atoms with Gasteiger partial charge >= 0.3 is 64.5 Å². The summed E-state index contributed by atoms with van der Waals surface area (Å²) < 4.78 is 22.2. The van der Waals surface area contributed by atoms with Gasteiger partial charge in [0.15, 0.2) is 17.4 Å². The summed E-state index contributed by atoms with van der Waals surface area (Å²) in [5.74, 6) is 0. The summed E-state index contributed by atoms with van der Waals surface area (Å²) in [6, 6.07) is 0. The SMILES string of the molecule is O=P(O)(O)OP(=O)(O)O.[AlH3].[Ba+2].[H-].[H-]. The van der Waals surface area contributed by atoms with E-state index >= 15 is 0 Å². The Labute approximate surface area is 116 Å². The Kier molecular flexibility index (Phi) is 11.7. The minimum Gasteiger partial charge on any atom is -1.00 e. The topological polar surface area (TPSA) is 124 Å². The zero-order chi connectivity index (χ0) is 7.71. The molecule has 66 valence electrons. The molecule has 0 aliphatic carbocycles. The van der Waals surface area contributed by atoms with Crippen LogP contribution >= 0.6 is 15.6 Å². The maximum atomic E-state index is 9.63. The van der Waals surface area contributed by atoms with Gasteiger partial charge in [-0.15, -0.1) is 0 Å². The molecule has 7 nitrogen and oxygen atoms in total. The molecule has 0 aliphatic heterocycles. The first-order valence-corrected chi connectivity index (χ1v) is 4.59. The zero-order valence-electron chi connectivity index (χ0n) is 6.62. The van der Waals surface area contributed by atoms with Gasteiger partial charge in [0.05, 0.1) is 0 Å². The molecule has 0 fully saturated rings. The van der Waals surface area contributed by atoms with Crippen LogP contribution in [0.5, 0.6) is 0 Å². The van der Waals surface area contributed by atoms with Crippen molar-refractivity contribution in [3.63, 3.8) is 0 Å². The van der Waals surface area contributed by atoms with Crippen LogP contribution in [0.2, 0.25) is 0 Å². The van der Waals surface area contributed by atoms with Crippen LogP contribution in [0.15, 0.2) is 0 Å². The fourth-order valence-electron chi connectivity index (χ4n) is 0.139. The number of hydrogen-bond donors (Lipinski definition) is 4. The second kappa shape index (κ2) is 6.76. The first kappa shape index (κ1) is 19.0. The van der Waals surface area contributed by atoms with Crippen LogP contribution in [0, 0.1) is 0 Å². The third kappa shape index (κ3) is 19.0. The molecule has 4 N–H and O–H groups in total. The Morgan fingerprint density at radius 3 is 1.18 bits per heavy atom. The quantitative estimate of drug-likeness (QED) is 0.332. The van der Waals surface area contributed by atoms with Gasteiger partial charge in [0.1, 0.15) is 0 Å². The molecule has 0 atom stereocenters. The van der Waals surface area contributed by atoms with Crippen LogP contribution in [0.3, 0.4) is 0 Å². The van der Waals surface area contributed by atoms with Gasteiger partial charge in [0, 0.05) is 0 Å². The third-order valence-corrected chi connectivity index (χ3v) is 1.91. The van der Waals surface area contributed by atoms with Crippen molar-refractivity contribution in [2.45, 2.75) is 0 Å². The van der Waals surface area contributed by atoms with Crippen molar-refractivity contribution in [3.8, 4) is 0 Å². The van der Waals surface area contributed by atoms with Gasteiger partial charge in [-0.05, 0) is 0 Å². The van der Waals surface area contributed by atoms with Gasteiger partial charge in [-0.2, -0.15) is 4.31 Å². The van der Waals surface area contributed by atoms with Crippen molar-refractivity contribution in [1.29, 1.82) is 0 Å². The molecule has 0 aliphatic rings. The molecular weight excluding hydrogens is 338 g/mol. The third-order valence-electron chi connectivity index (χ3n) is 0.213.